The third-order valence-corrected chi connectivity index (χ3v) is 3.75. The minimum absolute atomic E-state index is 0.327. The average molecular weight is 304 g/mol. The zero-order valence-corrected chi connectivity index (χ0v) is 12.8. The number of hydrogen-bond donors (Lipinski definition) is 0. The summed E-state index contributed by atoms with van der Waals surface area (Å²) in [5.41, 5.74) is -0.164. The molecule has 9 nitrogen and oxygen atoms in total. The number of imidazole rings is 1. The lowest BCUT2D eigenvalue weighted by Gasteiger charge is -2.10. The van der Waals surface area contributed by atoms with E-state index in [4.69, 9.17) is 4.52 Å². The fraction of sp³-hybridized carbons (Fsp3) is 0.462. The molecule has 3 aromatic heterocycles. The van der Waals surface area contributed by atoms with Crippen LogP contribution in [0.15, 0.2) is 20.4 Å². The molecule has 0 bridgehead atoms. The summed E-state index contributed by atoms with van der Waals surface area (Å²) in [7, 11) is 3.02. The number of aromatic nitrogens is 6. The van der Waals surface area contributed by atoms with E-state index in [0.717, 1.165) is 4.57 Å². The predicted molar refractivity (Wildman–Crippen MR) is 77.7 cm³/mol. The Morgan fingerprint density at radius 2 is 2.00 bits per heavy atom. The molecule has 1 atom stereocenters. The summed E-state index contributed by atoms with van der Waals surface area (Å²) in [5.74, 6) is 0.999. The van der Waals surface area contributed by atoms with Crippen LogP contribution in [0.3, 0.4) is 0 Å². The Balaban J connectivity index is 2.24. The molecule has 0 aliphatic carbocycles. The van der Waals surface area contributed by atoms with Crippen LogP contribution in [0.4, 0.5) is 0 Å². The topological polar surface area (TPSA) is 101 Å². The van der Waals surface area contributed by atoms with E-state index in [-0.39, 0.29) is 6.04 Å². The molecule has 116 valence electrons. The first-order chi connectivity index (χ1) is 10.5. The van der Waals surface area contributed by atoms with E-state index in [1.807, 2.05) is 13.8 Å². The van der Waals surface area contributed by atoms with Gasteiger partial charge in [-0.15, -0.1) is 0 Å². The van der Waals surface area contributed by atoms with Crippen molar-refractivity contribution in [1.82, 2.24) is 28.8 Å². The quantitative estimate of drug-likeness (QED) is 0.674. The molecule has 0 aliphatic heterocycles. The molecule has 0 N–H and O–H groups in total. The molecule has 0 aromatic carbocycles. The lowest BCUT2D eigenvalue weighted by atomic mass is 10.3. The van der Waals surface area contributed by atoms with Crippen LogP contribution in [0, 0.1) is 0 Å². The first kappa shape index (κ1) is 14.2. The smallest absolute Gasteiger partial charge is 0.332 e. The molecular formula is C13H16N6O3. The molecule has 0 amide bonds. The molecule has 0 saturated heterocycles. The van der Waals surface area contributed by atoms with Gasteiger partial charge in [0.05, 0.1) is 6.33 Å². The van der Waals surface area contributed by atoms with Gasteiger partial charge in [0.1, 0.15) is 6.04 Å². The van der Waals surface area contributed by atoms with Crippen LogP contribution in [0.1, 0.15) is 31.6 Å². The molecule has 0 aliphatic rings. The van der Waals surface area contributed by atoms with Gasteiger partial charge in [0.25, 0.3) is 5.56 Å². The number of rotatable bonds is 3. The van der Waals surface area contributed by atoms with Gasteiger partial charge in [0.15, 0.2) is 17.0 Å². The predicted octanol–water partition coefficient (Wildman–Crippen LogP) is -0.0116. The van der Waals surface area contributed by atoms with Crippen molar-refractivity contribution in [2.75, 3.05) is 0 Å². The van der Waals surface area contributed by atoms with E-state index in [9.17, 15) is 9.59 Å². The van der Waals surface area contributed by atoms with Crippen molar-refractivity contribution in [3.63, 3.8) is 0 Å². The fourth-order valence-electron chi connectivity index (χ4n) is 2.36. The Bertz CT molecular complexity index is 960. The average Bonchev–Trinajstić information content (AvgIpc) is 3.16. The molecule has 9 heteroatoms. The highest BCUT2D eigenvalue weighted by Gasteiger charge is 2.21. The van der Waals surface area contributed by atoms with Crippen molar-refractivity contribution in [2.24, 2.45) is 14.1 Å². The number of aryl methyl sites for hydroxylation is 2. The first-order valence-electron chi connectivity index (χ1n) is 6.90. The maximum Gasteiger partial charge on any atom is 0.332 e. The van der Waals surface area contributed by atoms with Crippen LogP contribution in [-0.2, 0) is 20.5 Å². The molecule has 0 spiro atoms. The molecule has 0 saturated carbocycles. The van der Waals surface area contributed by atoms with E-state index >= 15 is 0 Å². The van der Waals surface area contributed by atoms with Gasteiger partial charge in [0.2, 0.25) is 5.89 Å². The third kappa shape index (κ3) is 1.89. The van der Waals surface area contributed by atoms with Crippen molar-refractivity contribution < 1.29 is 4.52 Å². The molecule has 3 rings (SSSR count). The lowest BCUT2D eigenvalue weighted by molar-refractivity contribution is 0.344. The van der Waals surface area contributed by atoms with Gasteiger partial charge in [-0.1, -0.05) is 12.1 Å². The fourth-order valence-corrected chi connectivity index (χ4v) is 2.36. The Labute approximate surface area is 124 Å². The monoisotopic (exact) mass is 304 g/mol. The Hall–Kier alpha value is -2.71. The highest BCUT2D eigenvalue weighted by molar-refractivity contribution is 5.70. The second-order valence-electron chi connectivity index (χ2n) is 5.11. The van der Waals surface area contributed by atoms with E-state index in [1.54, 1.807) is 11.6 Å². The molecule has 3 heterocycles. The Morgan fingerprint density at radius 1 is 1.27 bits per heavy atom. The Kier molecular flexibility index (Phi) is 3.19. The van der Waals surface area contributed by atoms with E-state index < -0.39 is 11.2 Å². The number of nitrogens with zero attached hydrogens (tertiary/aromatic N) is 6. The largest absolute Gasteiger partial charge is 0.337 e. The van der Waals surface area contributed by atoms with Crippen LogP contribution in [0.2, 0.25) is 0 Å². The summed E-state index contributed by atoms with van der Waals surface area (Å²) in [6.45, 7) is 3.76. The van der Waals surface area contributed by atoms with Crippen LogP contribution >= 0.6 is 0 Å². The Morgan fingerprint density at radius 3 is 2.64 bits per heavy atom. The van der Waals surface area contributed by atoms with Crippen molar-refractivity contribution in [2.45, 2.75) is 26.3 Å². The number of hydrogen-bond acceptors (Lipinski definition) is 6. The second-order valence-corrected chi connectivity index (χ2v) is 5.11. The maximum absolute atomic E-state index is 12.4. The number of fused-ring (bicyclic) bond motifs is 1. The molecule has 1 unspecified atom stereocenters. The van der Waals surface area contributed by atoms with Crippen molar-refractivity contribution in [1.29, 1.82) is 0 Å². The highest BCUT2D eigenvalue weighted by Crippen LogP contribution is 2.19. The van der Waals surface area contributed by atoms with Crippen LogP contribution in [0.5, 0.6) is 0 Å². The zero-order valence-electron chi connectivity index (χ0n) is 12.8. The summed E-state index contributed by atoms with van der Waals surface area (Å²) in [6.07, 6.45) is 2.17. The van der Waals surface area contributed by atoms with Gasteiger partial charge in [-0.2, -0.15) is 4.98 Å². The standard InChI is InChI=1S/C13H16N6O3/c1-5-8-15-11(22-16-8)7(2)19-6-14-10-9(19)12(20)18(4)13(21)17(10)3/h6-7H,5H2,1-4H3. The van der Waals surface area contributed by atoms with E-state index in [1.165, 1.54) is 17.9 Å². The molecule has 3 aromatic rings. The minimum Gasteiger partial charge on any atom is -0.337 e. The zero-order chi connectivity index (χ0) is 16.0. The lowest BCUT2D eigenvalue weighted by Crippen LogP contribution is -2.37. The van der Waals surface area contributed by atoms with E-state index in [2.05, 4.69) is 15.1 Å². The van der Waals surface area contributed by atoms with Gasteiger partial charge in [-0.05, 0) is 6.92 Å². The molecular weight excluding hydrogens is 288 g/mol. The maximum atomic E-state index is 12.4. The van der Waals surface area contributed by atoms with Gasteiger partial charge in [-0.3, -0.25) is 13.9 Å². The van der Waals surface area contributed by atoms with Crippen molar-refractivity contribution >= 4 is 11.2 Å². The van der Waals surface area contributed by atoms with Gasteiger partial charge < -0.3 is 9.09 Å². The van der Waals surface area contributed by atoms with Crippen molar-refractivity contribution in [3.8, 4) is 0 Å². The normalized spacial score (nSPS) is 12.9. The van der Waals surface area contributed by atoms with Crippen LogP contribution in [0.25, 0.3) is 11.2 Å². The van der Waals surface area contributed by atoms with Crippen LogP contribution < -0.4 is 11.2 Å². The first-order valence-corrected chi connectivity index (χ1v) is 6.90. The summed E-state index contributed by atoms with van der Waals surface area (Å²) in [5, 5.41) is 3.86. The summed E-state index contributed by atoms with van der Waals surface area (Å²) in [6, 6.07) is -0.358. The summed E-state index contributed by atoms with van der Waals surface area (Å²) >= 11 is 0. The van der Waals surface area contributed by atoms with Crippen LogP contribution in [-0.4, -0.2) is 28.8 Å². The van der Waals surface area contributed by atoms with Crippen molar-refractivity contribution in [3.05, 3.63) is 38.9 Å². The second kappa shape index (κ2) is 4.93. The van der Waals surface area contributed by atoms with E-state index in [0.29, 0.717) is 29.3 Å². The van der Waals surface area contributed by atoms with Gasteiger partial charge in [0, 0.05) is 20.5 Å². The summed E-state index contributed by atoms with van der Waals surface area (Å²) in [4.78, 5) is 32.8. The minimum atomic E-state index is -0.415. The molecule has 0 radical (unpaired) electrons. The summed E-state index contributed by atoms with van der Waals surface area (Å²) < 4.78 is 9.26. The van der Waals surface area contributed by atoms with Gasteiger partial charge in [-0.25, -0.2) is 9.78 Å². The SMILES string of the molecule is CCc1noc(C(C)n2cnc3c2c(=O)n(C)c(=O)n3C)n1. The highest BCUT2D eigenvalue weighted by atomic mass is 16.5. The van der Waals surface area contributed by atoms with Gasteiger partial charge >= 0.3 is 5.69 Å². The third-order valence-electron chi connectivity index (χ3n) is 3.75. The molecule has 0 fully saturated rings. The molecule has 22 heavy (non-hydrogen) atoms.